The highest BCUT2D eigenvalue weighted by Gasteiger charge is 2.26. The quantitative estimate of drug-likeness (QED) is 0.928. The van der Waals surface area contributed by atoms with Crippen LogP contribution in [-0.4, -0.2) is 16.1 Å². The third-order valence-corrected chi connectivity index (χ3v) is 4.74. The minimum absolute atomic E-state index is 0.0881. The molecule has 0 aromatic carbocycles. The summed E-state index contributed by atoms with van der Waals surface area (Å²) in [6, 6.07) is 3.98. The first kappa shape index (κ1) is 10.9. The molecule has 3 rings (SSSR count). The molecule has 1 fully saturated rings. The Morgan fingerprint density at radius 2 is 2.29 bits per heavy atom. The largest absolute Gasteiger partial charge is 0.300 e. The molecule has 0 saturated heterocycles. The maximum atomic E-state index is 11.7. The van der Waals surface area contributed by atoms with E-state index in [1.54, 1.807) is 11.3 Å². The first-order valence-electron chi connectivity index (χ1n) is 5.51. The topological polar surface area (TPSA) is 54.9 Å². The number of thiophene rings is 1. The van der Waals surface area contributed by atoms with E-state index in [4.69, 9.17) is 0 Å². The molecule has 17 heavy (non-hydrogen) atoms. The van der Waals surface area contributed by atoms with Crippen LogP contribution in [0.15, 0.2) is 17.5 Å². The Bertz CT molecular complexity index is 517. The number of hydrogen-bond donors (Lipinski definition) is 1. The van der Waals surface area contributed by atoms with Crippen LogP contribution in [0.25, 0.3) is 9.88 Å². The van der Waals surface area contributed by atoms with Gasteiger partial charge in [0.2, 0.25) is 11.0 Å². The molecule has 0 atom stereocenters. The summed E-state index contributed by atoms with van der Waals surface area (Å²) in [5.74, 6) is 0.272. The van der Waals surface area contributed by atoms with E-state index in [9.17, 15) is 4.79 Å². The van der Waals surface area contributed by atoms with Crippen LogP contribution in [0, 0.1) is 5.92 Å². The van der Waals surface area contributed by atoms with Crippen LogP contribution in [0.3, 0.4) is 0 Å². The van der Waals surface area contributed by atoms with Crippen molar-refractivity contribution in [1.82, 2.24) is 10.2 Å². The summed E-state index contributed by atoms with van der Waals surface area (Å²) in [7, 11) is 0. The van der Waals surface area contributed by atoms with Crippen LogP contribution in [0.2, 0.25) is 0 Å². The minimum atomic E-state index is 0.0881. The Hall–Kier alpha value is -1.27. The third kappa shape index (κ3) is 2.23. The molecule has 1 aliphatic carbocycles. The van der Waals surface area contributed by atoms with Gasteiger partial charge in [0.15, 0.2) is 5.01 Å². The second-order valence-corrected chi connectivity index (χ2v) is 5.93. The maximum Gasteiger partial charge on any atom is 0.229 e. The molecular formula is C11H11N3OS2. The van der Waals surface area contributed by atoms with Gasteiger partial charge >= 0.3 is 0 Å². The zero-order valence-electron chi connectivity index (χ0n) is 9.05. The highest BCUT2D eigenvalue weighted by Crippen LogP contribution is 2.31. The van der Waals surface area contributed by atoms with Crippen LogP contribution in [0.4, 0.5) is 5.13 Å². The summed E-state index contributed by atoms with van der Waals surface area (Å²) in [5, 5.41) is 14.4. The van der Waals surface area contributed by atoms with Gasteiger partial charge in [-0.2, -0.15) is 0 Å². The molecule has 88 valence electrons. The van der Waals surface area contributed by atoms with Gasteiger partial charge < -0.3 is 5.32 Å². The zero-order chi connectivity index (χ0) is 11.7. The van der Waals surface area contributed by atoms with Crippen molar-refractivity contribution in [3.8, 4) is 9.88 Å². The van der Waals surface area contributed by atoms with Crippen molar-refractivity contribution < 1.29 is 4.79 Å². The molecule has 2 aromatic rings. The summed E-state index contributed by atoms with van der Waals surface area (Å²) in [6.07, 6.45) is 3.17. The van der Waals surface area contributed by atoms with E-state index in [0.717, 1.165) is 29.1 Å². The molecule has 0 spiro atoms. The Morgan fingerprint density at radius 1 is 1.41 bits per heavy atom. The Balaban J connectivity index is 1.70. The third-order valence-electron chi connectivity index (χ3n) is 2.86. The van der Waals surface area contributed by atoms with Crippen LogP contribution >= 0.6 is 22.7 Å². The summed E-state index contributed by atoms with van der Waals surface area (Å²) in [4.78, 5) is 12.8. The Labute approximate surface area is 107 Å². The fourth-order valence-corrected chi connectivity index (χ4v) is 3.19. The highest BCUT2D eigenvalue weighted by molar-refractivity contribution is 7.23. The predicted molar refractivity (Wildman–Crippen MR) is 69.2 cm³/mol. The molecule has 0 radical (unpaired) electrons. The van der Waals surface area contributed by atoms with E-state index >= 15 is 0 Å². The summed E-state index contributed by atoms with van der Waals surface area (Å²) in [6.45, 7) is 0. The van der Waals surface area contributed by atoms with Crippen molar-refractivity contribution in [2.45, 2.75) is 19.3 Å². The lowest BCUT2D eigenvalue weighted by molar-refractivity contribution is -0.122. The van der Waals surface area contributed by atoms with E-state index in [1.165, 1.54) is 11.3 Å². The smallest absolute Gasteiger partial charge is 0.229 e. The Morgan fingerprint density at radius 3 is 2.94 bits per heavy atom. The van der Waals surface area contributed by atoms with E-state index in [0.29, 0.717) is 5.13 Å². The van der Waals surface area contributed by atoms with Gasteiger partial charge in [-0.3, -0.25) is 4.79 Å². The van der Waals surface area contributed by atoms with Crippen molar-refractivity contribution in [2.24, 2.45) is 5.92 Å². The second kappa shape index (κ2) is 4.54. The molecule has 1 amide bonds. The molecule has 0 unspecified atom stereocenters. The summed E-state index contributed by atoms with van der Waals surface area (Å²) < 4.78 is 0. The lowest BCUT2D eigenvalue weighted by atomic mass is 9.85. The number of carbonyl (C=O) groups is 1. The molecule has 4 nitrogen and oxygen atoms in total. The van der Waals surface area contributed by atoms with Crippen molar-refractivity contribution >= 4 is 33.7 Å². The number of nitrogens with zero attached hydrogens (tertiary/aromatic N) is 2. The van der Waals surface area contributed by atoms with Gasteiger partial charge in [0.1, 0.15) is 0 Å². The van der Waals surface area contributed by atoms with E-state index < -0.39 is 0 Å². The predicted octanol–water partition coefficient (Wildman–Crippen LogP) is 3.01. The summed E-state index contributed by atoms with van der Waals surface area (Å²) in [5.41, 5.74) is 0. The Kier molecular flexibility index (Phi) is 2.90. The summed E-state index contributed by atoms with van der Waals surface area (Å²) >= 11 is 3.05. The van der Waals surface area contributed by atoms with E-state index in [2.05, 4.69) is 15.5 Å². The van der Waals surface area contributed by atoms with Crippen molar-refractivity contribution in [2.75, 3.05) is 5.32 Å². The minimum Gasteiger partial charge on any atom is -0.300 e. The zero-order valence-corrected chi connectivity index (χ0v) is 10.7. The fourth-order valence-electron chi connectivity index (χ4n) is 1.65. The van der Waals surface area contributed by atoms with Gasteiger partial charge in [-0.05, 0) is 24.3 Å². The van der Waals surface area contributed by atoms with Crippen LogP contribution in [-0.2, 0) is 4.79 Å². The molecule has 1 saturated carbocycles. The van der Waals surface area contributed by atoms with Crippen molar-refractivity contribution in [3.05, 3.63) is 17.5 Å². The number of rotatable bonds is 3. The lowest BCUT2D eigenvalue weighted by Crippen LogP contribution is -2.27. The molecule has 2 aromatic heterocycles. The number of hydrogen-bond acceptors (Lipinski definition) is 5. The number of anilines is 1. The van der Waals surface area contributed by atoms with Gasteiger partial charge in [0, 0.05) is 5.92 Å². The van der Waals surface area contributed by atoms with Crippen LogP contribution in [0.1, 0.15) is 19.3 Å². The van der Waals surface area contributed by atoms with Gasteiger partial charge in [-0.25, -0.2) is 0 Å². The maximum absolute atomic E-state index is 11.7. The second-order valence-electron chi connectivity index (χ2n) is 4.01. The molecule has 1 aliphatic rings. The number of carbonyl (C=O) groups excluding carboxylic acids is 1. The standard InChI is InChI=1S/C11H11N3OS2/c15-9(7-3-1-4-7)12-11-14-13-10(17-11)8-5-2-6-16-8/h2,5-7H,1,3-4H2,(H,12,14,15). The monoisotopic (exact) mass is 265 g/mol. The SMILES string of the molecule is O=C(Nc1nnc(-c2cccs2)s1)C1CCC1. The van der Waals surface area contributed by atoms with Crippen LogP contribution < -0.4 is 5.32 Å². The van der Waals surface area contributed by atoms with Crippen molar-refractivity contribution in [3.63, 3.8) is 0 Å². The number of nitrogens with one attached hydrogen (secondary N) is 1. The molecule has 1 N–H and O–H groups in total. The average Bonchev–Trinajstić information content (AvgIpc) is 2.82. The highest BCUT2D eigenvalue weighted by atomic mass is 32.1. The molecular weight excluding hydrogens is 254 g/mol. The van der Waals surface area contributed by atoms with Gasteiger partial charge in [-0.15, -0.1) is 21.5 Å². The first-order chi connectivity index (χ1) is 8.33. The average molecular weight is 265 g/mol. The van der Waals surface area contributed by atoms with Gasteiger partial charge in [0.05, 0.1) is 4.88 Å². The van der Waals surface area contributed by atoms with Gasteiger partial charge in [-0.1, -0.05) is 23.8 Å². The lowest BCUT2D eigenvalue weighted by Gasteiger charge is -2.23. The normalized spacial score (nSPS) is 15.5. The molecule has 0 aliphatic heterocycles. The first-order valence-corrected chi connectivity index (χ1v) is 7.21. The van der Waals surface area contributed by atoms with Crippen LogP contribution in [0.5, 0.6) is 0 Å². The fraction of sp³-hybridized carbons (Fsp3) is 0.364. The molecule has 6 heteroatoms. The number of aromatic nitrogens is 2. The van der Waals surface area contributed by atoms with Gasteiger partial charge in [0.25, 0.3) is 0 Å². The van der Waals surface area contributed by atoms with E-state index in [1.807, 2.05) is 17.5 Å². The van der Waals surface area contributed by atoms with E-state index in [-0.39, 0.29) is 11.8 Å². The number of amides is 1. The van der Waals surface area contributed by atoms with Crippen molar-refractivity contribution in [1.29, 1.82) is 0 Å². The molecule has 2 heterocycles. The molecule has 0 bridgehead atoms.